The van der Waals surface area contributed by atoms with Crippen LogP contribution in [0.2, 0.25) is 0 Å². The Balaban J connectivity index is 2.81. The van der Waals surface area contributed by atoms with Crippen molar-refractivity contribution in [1.29, 1.82) is 0 Å². The summed E-state index contributed by atoms with van der Waals surface area (Å²) in [5.74, 6) is -2.40. The number of halogens is 3. The predicted octanol–water partition coefficient (Wildman–Crippen LogP) is 2.45. The molecule has 0 heterocycles. The molecule has 6 heteroatoms. The molecule has 18 heavy (non-hydrogen) atoms. The molecular formula is C12H14BrF2NO2. The molecule has 0 aliphatic heterocycles. The van der Waals surface area contributed by atoms with Gasteiger partial charge in [0.25, 0.3) is 5.91 Å². The molecule has 0 bridgehead atoms. The van der Waals surface area contributed by atoms with Gasteiger partial charge in [0.15, 0.2) is 0 Å². The Kier molecular flexibility index (Phi) is 5.68. The van der Waals surface area contributed by atoms with E-state index in [-0.39, 0.29) is 4.83 Å². The molecule has 1 aromatic rings. The lowest BCUT2D eigenvalue weighted by Gasteiger charge is -2.20. The smallest absolute Gasteiger partial charge is 0.259 e. The number of ether oxygens (including phenoxy) is 1. The van der Waals surface area contributed by atoms with E-state index < -0.39 is 23.1 Å². The first kappa shape index (κ1) is 15.0. The third-order valence-electron chi connectivity index (χ3n) is 2.34. The molecule has 0 radical (unpaired) electrons. The molecule has 100 valence electrons. The van der Waals surface area contributed by atoms with Gasteiger partial charge >= 0.3 is 0 Å². The second kappa shape index (κ2) is 6.80. The van der Waals surface area contributed by atoms with E-state index in [0.717, 1.165) is 12.1 Å². The molecular weight excluding hydrogens is 308 g/mol. The number of hydrogen-bond acceptors (Lipinski definition) is 2. The zero-order chi connectivity index (χ0) is 13.7. The summed E-state index contributed by atoms with van der Waals surface area (Å²) in [6.45, 7) is 0.692. The van der Waals surface area contributed by atoms with Crippen molar-refractivity contribution in [3.8, 4) is 0 Å². The molecule has 0 aliphatic rings. The standard InChI is InChI=1S/C12H14BrF2NO2/c1-16(6-8(13)7-18-2)12(17)11-9(14)4-3-5-10(11)15/h3-5,8H,6-7H2,1-2H3. The molecule has 1 atom stereocenters. The monoisotopic (exact) mass is 321 g/mol. The third kappa shape index (κ3) is 3.74. The second-order valence-electron chi connectivity index (χ2n) is 3.83. The van der Waals surface area contributed by atoms with Gasteiger partial charge in [-0.05, 0) is 12.1 Å². The Morgan fingerprint density at radius 3 is 2.50 bits per heavy atom. The quantitative estimate of drug-likeness (QED) is 0.780. The molecule has 0 saturated heterocycles. The summed E-state index contributed by atoms with van der Waals surface area (Å²) in [6.07, 6.45) is 0. The summed E-state index contributed by atoms with van der Waals surface area (Å²) in [5, 5.41) is 0. The molecule has 1 rings (SSSR count). The first-order valence-corrected chi connectivity index (χ1v) is 6.21. The molecule has 0 N–H and O–H groups in total. The number of carbonyl (C=O) groups excluding carboxylic acids is 1. The largest absolute Gasteiger partial charge is 0.383 e. The highest BCUT2D eigenvalue weighted by Crippen LogP contribution is 2.15. The van der Waals surface area contributed by atoms with Crippen LogP contribution in [0.5, 0.6) is 0 Å². The molecule has 0 fully saturated rings. The minimum atomic E-state index is -0.857. The minimum Gasteiger partial charge on any atom is -0.383 e. The van der Waals surface area contributed by atoms with Crippen LogP contribution in [0.3, 0.4) is 0 Å². The van der Waals surface area contributed by atoms with E-state index >= 15 is 0 Å². The molecule has 1 unspecified atom stereocenters. The number of carbonyl (C=O) groups is 1. The third-order valence-corrected chi connectivity index (χ3v) is 2.90. The highest BCUT2D eigenvalue weighted by Gasteiger charge is 2.21. The first-order valence-electron chi connectivity index (χ1n) is 5.29. The van der Waals surface area contributed by atoms with Crippen LogP contribution >= 0.6 is 15.9 Å². The molecule has 0 spiro atoms. The van der Waals surface area contributed by atoms with Crippen molar-refractivity contribution in [2.45, 2.75) is 4.83 Å². The average Bonchev–Trinajstić information content (AvgIpc) is 2.28. The zero-order valence-corrected chi connectivity index (χ0v) is 11.7. The summed E-state index contributed by atoms with van der Waals surface area (Å²) in [7, 11) is 3.02. The van der Waals surface area contributed by atoms with E-state index in [1.807, 2.05) is 0 Å². The lowest BCUT2D eigenvalue weighted by atomic mass is 10.1. The van der Waals surface area contributed by atoms with E-state index in [1.165, 1.54) is 25.1 Å². The van der Waals surface area contributed by atoms with Crippen LogP contribution in [0.4, 0.5) is 8.78 Å². The summed E-state index contributed by atoms with van der Waals surface area (Å²) in [4.78, 5) is 13.1. The van der Waals surface area contributed by atoms with E-state index in [9.17, 15) is 13.6 Å². The molecule has 0 aliphatic carbocycles. The summed E-state index contributed by atoms with van der Waals surface area (Å²) in [6, 6.07) is 3.34. The van der Waals surface area contributed by atoms with Crippen LogP contribution in [0.25, 0.3) is 0 Å². The van der Waals surface area contributed by atoms with Crippen LogP contribution in [0.15, 0.2) is 18.2 Å². The predicted molar refractivity (Wildman–Crippen MR) is 67.9 cm³/mol. The topological polar surface area (TPSA) is 29.5 Å². The molecule has 3 nitrogen and oxygen atoms in total. The first-order chi connectivity index (χ1) is 8.47. The van der Waals surface area contributed by atoms with Crippen LogP contribution in [-0.2, 0) is 4.74 Å². The van der Waals surface area contributed by atoms with Crippen molar-refractivity contribution < 1.29 is 18.3 Å². The summed E-state index contributed by atoms with van der Waals surface area (Å²) < 4.78 is 31.8. The number of alkyl halides is 1. The zero-order valence-electron chi connectivity index (χ0n) is 10.1. The fraction of sp³-hybridized carbons (Fsp3) is 0.417. The van der Waals surface area contributed by atoms with Crippen molar-refractivity contribution in [2.24, 2.45) is 0 Å². The summed E-state index contributed by atoms with van der Waals surface area (Å²) in [5.41, 5.74) is -0.530. The molecule has 1 aromatic carbocycles. The maximum absolute atomic E-state index is 13.4. The van der Waals surface area contributed by atoms with Gasteiger partial charge in [0.1, 0.15) is 17.2 Å². The summed E-state index contributed by atoms with van der Waals surface area (Å²) >= 11 is 3.31. The van der Waals surface area contributed by atoms with E-state index in [0.29, 0.717) is 13.2 Å². The lowest BCUT2D eigenvalue weighted by Crippen LogP contribution is -2.34. The maximum atomic E-state index is 13.4. The van der Waals surface area contributed by atoms with Crippen LogP contribution in [-0.4, -0.2) is 42.9 Å². The van der Waals surface area contributed by atoms with Crippen LogP contribution in [0.1, 0.15) is 10.4 Å². The average molecular weight is 322 g/mol. The molecule has 1 amide bonds. The van der Waals surface area contributed by atoms with Gasteiger partial charge in [-0.3, -0.25) is 4.79 Å². The maximum Gasteiger partial charge on any atom is 0.259 e. The van der Waals surface area contributed by atoms with Gasteiger partial charge in [-0.2, -0.15) is 0 Å². The van der Waals surface area contributed by atoms with Gasteiger partial charge in [-0.25, -0.2) is 8.78 Å². The number of nitrogens with zero attached hydrogens (tertiary/aromatic N) is 1. The molecule has 0 aromatic heterocycles. The van der Waals surface area contributed by atoms with E-state index in [1.54, 1.807) is 0 Å². The van der Waals surface area contributed by atoms with Crippen LogP contribution < -0.4 is 0 Å². The van der Waals surface area contributed by atoms with Crippen molar-refractivity contribution >= 4 is 21.8 Å². The Bertz CT molecular complexity index is 408. The van der Waals surface area contributed by atoms with Gasteiger partial charge in [0.05, 0.1) is 11.4 Å². The second-order valence-corrected chi connectivity index (χ2v) is 5.13. The SMILES string of the molecule is COCC(Br)CN(C)C(=O)c1c(F)cccc1F. The number of hydrogen-bond donors (Lipinski definition) is 0. The van der Waals surface area contributed by atoms with Gasteiger partial charge in [0.2, 0.25) is 0 Å². The Hall–Kier alpha value is -1.01. The van der Waals surface area contributed by atoms with E-state index in [4.69, 9.17) is 4.74 Å². The van der Waals surface area contributed by atoms with Crippen LogP contribution in [0, 0.1) is 11.6 Å². The van der Waals surface area contributed by atoms with Crippen molar-refractivity contribution in [3.63, 3.8) is 0 Å². The fourth-order valence-corrected chi connectivity index (χ4v) is 2.21. The van der Waals surface area contributed by atoms with Crippen molar-refractivity contribution in [1.82, 2.24) is 4.90 Å². The Morgan fingerprint density at radius 2 is 2.00 bits per heavy atom. The minimum absolute atomic E-state index is 0.0914. The highest BCUT2D eigenvalue weighted by atomic mass is 79.9. The highest BCUT2D eigenvalue weighted by molar-refractivity contribution is 9.09. The lowest BCUT2D eigenvalue weighted by molar-refractivity contribution is 0.0774. The van der Waals surface area contributed by atoms with Gasteiger partial charge in [0, 0.05) is 20.7 Å². The van der Waals surface area contributed by atoms with Gasteiger partial charge in [-0.1, -0.05) is 22.0 Å². The fourth-order valence-electron chi connectivity index (χ4n) is 1.51. The van der Waals surface area contributed by atoms with Crippen molar-refractivity contribution in [2.75, 3.05) is 27.3 Å². The molecule has 0 saturated carbocycles. The Morgan fingerprint density at radius 1 is 1.44 bits per heavy atom. The number of benzene rings is 1. The number of amides is 1. The van der Waals surface area contributed by atoms with Gasteiger partial charge in [-0.15, -0.1) is 0 Å². The van der Waals surface area contributed by atoms with E-state index in [2.05, 4.69) is 15.9 Å². The number of rotatable bonds is 5. The Labute approximate surface area is 113 Å². The van der Waals surface area contributed by atoms with Gasteiger partial charge < -0.3 is 9.64 Å². The van der Waals surface area contributed by atoms with Crippen molar-refractivity contribution in [3.05, 3.63) is 35.4 Å². The number of methoxy groups -OCH3 is 1. The normalized spacial score (nSPS) is 12.3.